The van der Waals surface area contributed by atoms with Gasteiger partial charge in [-0.1, -0.05) is 37.3 Å². The van der Waals surface area contributed by atoms with Crippen LogP contribution in [0.5, 0.6) is 0 Å². The first kappa shape index (κ1) is 13.1. The summed E-state index contributed by atoms with van der Waals surface area (Å²) in [4.78, 5) is 11.9. The lowest BCUT2D eigenvalue weighted by atomic mass is 10.00. The fourth-order valence-electron chi connectivity index (χ4n) is 2.13. The third-order valence-electron chi connectivity index (χ3n) is 3.41. The molecule has 0 aliphatic carbocycles. The van der Waals surface area contributed by atoms with Gasteiger partial charge in [0.15, 0.2) is 0 Å². The maximum Gasteiger partial charge on any atom is 0.227 e. The van der Waals surface area contributed by atoms with Crippen molar-refractivity contribution in [3.63, 3.8) is 0 Å². The van der Waals surface area contributed by atoms with Gasteiger partial charge in [-0.15, -0.1) is 0 Å². The molecule has 3 N–H and O–H groups in total. The summed E-state index contributed by atoms with van der Waals surface area (Å²) in [6.45, 7) is 3.64. The largest absolute Gasteiger partial charge is 0.379 e. The zero-order valence-corrected chi connectivity index (χ0v) is 10.6. The third kappa shape index (κ3) is 3.09. The molecule has 0 aromatic heterocycles. The fourth-order valence-corrected chi connectivity index (χ4v) is 2.13. The Morgan fingerprint density at radius 3 is 2.78 bits per heavy atom. The van der Waals surface area contributed by atoms with Gasteiger partial charge in [-0.2, -0.15) is 0 Å². The van der Waals surface area contributed by atoms with Crippen LogP contribution in [0.15, 0.2) is 30.3 Å². The number of hydrogen-bond acceptors (Lipinski definition) is 3. The number of hydrogen-bond donors (Lipinski definition) is 2. The van der Waals surface area contributed by atoms with Crippen LogP contribution < -0.4 is 11.1 Å². The average Bonchev–Trinajstić information content (AvgIpc) is 2.83. The SMILES string of the molecule is CC(CNC(=O)C1COCC1N)c1ccccc1. The van der Waals surface area contributed by atoms with Crippen molar-refractivity contribution < 1.29 is 9.53 Å². The molecule has 1 aromatic rings. The highest BCUT2D eigenvalue weighted by atomic mass is 16.5. The van der Waals surface area contributed by atoms with Gasteiger partial charge in [0.25, 0.3) is 0 Å². The van der Waals surface area contributed by atoms with Crippen molar-refractivity contribution >= 4 is 5.91 Å². The average molecular weight is 248 g/mol. The van der Waals surface area contributed by atoms with E-state index in [9.17, 15) is 4.79 Å². The summed E-state index contributed by atoms with van der Waals surface area (Å²) in [5.74, 6) is 0.101. The first-order chi connectivity index (χ1) is 8.68. The number of benzene rings is 1. The number of nitrogens with one attached hydrogen (secondary N) is 1. The van der Waals surface area contributed by atoms with E-state index < -0.39 is 0 Å². The molecule has 3 unspecified atom stereocenters. The maximum atomic E-state index is 11.9. The Hall–Kier alpha value is -1.39. The topological polar surface area (TPSA) is 64.3 Å². The summed E-state index contributed by atoms with van der Waals surface area (Å²) in [5, 5.41) is 2.95. The summed E-state index contributed by atoms with van der Waals surface area (Å²) in [5.41, 5.74) is 7.04. The van der Waals surface area contributed by atoms with Gasteiger partial charge in [-0.25, -0.2) is 0 Å². The second-order valence-electron chi connectivity index (χ2n) is 4.86. The highest BCUT2D eigenvalue weighted by molar-refractivity contribution is 5.79. The lowest BCUT2D eigenvalue weighted by Crippen LogP contribution is -2.42. The van der Waals surface area contributed by atoms with Gasteiger partial charge in [-0.3, -0.25) is 4.79 Å². The standard InChI is InChI=1S/C14H20N2O2/c1-10(11-5-3-2-4-6-11)7-16-14(17)12-8-18-9-13(12)15/h2-6,10,12-13H,7-9,15H2,1H3,(H,16,17). The first-order valence-corrected chi connectivity index (χ1v) is 6.34. The second kappa shape index (κ2) is 5.98. The minimum Gasteiger partial charge on any atom is -0.379 e. The highest BCUT2D eigenvalue weighted by Crippen LogP contribution is 2.15. The lowest BCUT2D eigenvalue weighted by molar-refractivity contribution is -0.125. The zero-order chi connectivity index (χ0) is 13.0. The summed E-state index contributed by atoms with van der Waals surface area (Å²) in [7, 11) is 0. The molecule has 1 aliphatic rings. The van der Waals surface area contributed by atoms with Crippen LogP contribution in [-0.4, -0.2) is 31.7 Å². The minimum atomic E-state index is -0.201. The molecule has 0 bridgehead atoms. The van der Waals surface area contributed by atoms with E-state index in [1.165, 1.54) is 5.56 Å². The molecule has 1 aromatic carbocycles. The van der Waals surface area contributed by atoms with Gasteiger partial charge in [-0.05, 0) is 11.5 Å². The van der Waals surface area contributed by atoms with Crippen LogP contribution in [0.25, 0.3) is 0 Å². The molecular weight excluding hydrogens is 228 g/mol. The molecule has 0 spiro atoms. The summed E-state index contributed by atoms with van der Waals surface area (Å²) < 4.78 is 5.20. The molecule has 2 rings (SSSR count). The molecule has 1 saturated heterocycles. The summed E-state index contributed by atoms with van der Waals surface area (Å²) in [6, 6.07) is 9.98. The Balaban J connectivity index is 1.83. The minimum absolute atomic E-state index is 0.00258. The highest BCUT2D eigenvalue weighted by Gasteiger charge is 2.31. The Kier molecular flexibility index (Phi) is 4.33. The van der Waals surface area contributed by atoms with Crippen LogP contribution in [0.1, 0.15) is 18.4 Å². The number of carbonyl (C=O) groups excluding carboxylic acids is 1. The van der Waals surface area contributed by atoms with E-state index in [1.807, 2.05) is 18.2 Å². The van der Waals surface area contributed by atoms with E-state index in [2.05, 4.69) is 24.4 Å². The second-order valence-corrected chi connectivity index (χ2v) is 4.86. The number of carbonyl (C=O) groups is 1. The molecule has 1 amide bonds. The van der Waals surface area contributed by atoms with Crippen molar-refractivity contribution in [2.24, 2.45) is 11.7 Å². The normalized spacial score (nSPS) is 24.8. The van der Waals surface area contributed by atoms with Gasteiger partial charge in [0.2, 0.25) is 5.91 Å². The van der Waals surface area contributed by atoms with Crippen molar-refractivity contribution in [2.45, 2.75) is 18.9 Å². The zero-order valence-electron chi connectivity index (χ0n) is 10.6. The Morgan fingerprint density at radius 1 is 1.44 bits per heavy atom. The van der Waals surface area contributed by atoms with Gasteiger partial charge in [0.05, 0.1) is 19.1 Å². The number of rotatable bonds is 4. The molecule has 4 nitrogen and oxygen atoms in total. The molecule has 1 aliphatic heterocycles. The molecular formula is C14H20N2O2. The van der Waals surface area contributed by atoms with Crippen LogP contribution in [0.4, 0.5) is 0 Å². The predicted molar refractivity (Wildman–Crippen MR) is 70.2 cm³/mol. The van der Waals surface area contributed by atoms with Crippen molar-refractivity contribution in [3.8, 4) is 0 Å². The number of ether oxygens (including phenoxy) is 1. The van der Waals surface area contributed by atoms with Crippen LogP contribution in [-0.2, 0) is 9.53 Å². The van der Waals surface area contributed by atoms with Crippen LogP contribution in [0.3, 0.4) is 0 Å². The monoisotopic (exact) mass is 248 g/mol. The smallest absolute Gasteiger partial charge is 0.227 e. The molecule has 18 heavy (non-hydrogen) atoms. The molecule has 3 atom stereocenters. The molecule has 1 fully saturated rings. The first-order valence-electron chi connectivity index (χ1n) is 6.34. The molecule has 4 heteroatoms. The van der Waals surface area contributed by atoms with E-state index in [1.54, 1.807) is 0 Å². The fraction of sp³-hybridized carbons (Fsp3) is 0.500. The predicted octanol–water partition coefficient (Wildman–Crippen LogP) is 0.880. The maximum absolute atomic E-state index is 11.9. The van der Waals surface area contributed by atoms with Gasteiger partial charge in [0, 0.05) is 12.6 Å². The van der Waals surface area contributed by atoms with Crippen molar-refractivity contribution in [1.29, 1.82) is 0 Å². The lowest BCUT2D eigenvalue weighted by Gasteiger charge is -2.17. The van der Waals surface area contributed by atoms with E-state index in [4.69, 9.17) is 10.5 Å². The molecule has 0 radical (unpaired) electrons. The third-order valence-corrected chi connectivity index (χ3v) is 3.41. The van der Waals surface area contributed by atoms with Gasteiger partial charge >= 0.3 is 0 Å². The number of amides is 1. The molecule has 1 heterocycles. The van der Waals surface area contributed by atoms with Crippen molar-refractivity contribution in [2.75, 3.05) is 19.8 Å². The van der Waals surface area contributed by atoms with Crippen LogP contribution >= 0.6 is 0 Å². The summed E-state index contributed by atoms with van der Waals surface area (Å²) >= 11 is 0. The van der Waals surface area contributed by atoms with Crippen molar-refractivity contribution in [1.82, 2.24) is 5.32 Å². The van der Waals surface area contributed by atoms with E-state index in [0.717, 1.165) is 0 Å². The van der Waals surface area contributed by atoms with E-state index >= 15 is 0 Å². The molecule has 0 saturated carbocycles. The quantitative estimate of drug-likeness (QED) is 0.831. The van der Waals surface area contributed by atoms with E-state index in [0.29, 0.717) is 25.7 Å². The summed E-state index contributed by atoms with van der Waals surface area (Å²) in [6.07, 6.45) is 0. The van der Waals surface area contributed by atoms with Crippen molar-refractivity contribution in [3.05, 3.63) is 35.9 Å². The van der Waals surface area contributed by atoms with E-state index in [-0.39, 0.29) is 17.9 Å². The Morgan fingerprint density at radius 2 is 2.17 bits per heavy atom. The number of nitrogens with two attached hydrogens (primary N) is 1. The molecule has 98 valence electrons. The Labute approximate surface area is 108 Å². The van der Waals surface area contributed by atoms with Crippen LogP contribution in [0.2, 0.25) is 0 Å². The Bertz CT molecular complexity index is 394. The van der Waals surface area contributed by atoms with Gasteiger partial charge < -0.3 is 15.8 Å². The van der Waals surface area contributed by atoms with Crippen LogP contribution in [0, 0.1) is 5.92 Å². The van der Waals surface area contributed by atoms with Gasteiger partial charge in [0.1, 0.15) is 0 Å².